The van der Waals surface area contributed by atoms with Crippen LogP contribution in [0.5, 0.6) is 0 Å². The zero-order chi connectivity index (χ0) is 25.2. The monoisotopic (exact) mass is 482 g/mol. The molecule has 198 valence electrons. The number of hydrogen-bond acceptors (Lipinski definition) is 6. The largest absolute Gasteiger partial charge is 0.466 e. The lowest BCUT2D eigenvalue weighted by Gasteiger charge is -2.33. The molecule has 0 aromatic heterocycles. The highest BCUT2D eigenvalue weighted by Crippen LogP contribution is 2.48. The molecule has 34 heavy (non-hydrogen) atoms. The van der Waals surface area contributed by atoms with Gasteiger partial charge in [0.2, 0.25) is 0 Å². The lowest BCUT2D eigenvalue weighted by Crippen LogP contribution is -2.42. The van der Waals surface area contributed by atoms with Crippen LogP contribution >= 0.6 is 0 Å². The van der Waals surface area contributed by atoms with Crippen LogP contribution in [0.25, 0.3) is 0 Å². The average Bonchev–Trinajstić information content (AvgIpc) is 3.14. The fourth-order valence-corrected chi connectivity index (χ4v) is 5.24. The zero-order valence-corrected chi connectivity index (χ0v) is 22.3. The van der Waals surface area contributed by atoms with Gasteiger partial charge in [-0.2, -0.15) is 0 Å². The van der Waals surface area contributed by atoms with Crippen LogP contribution < -0.4 is 0 Å². The summed E-state index contributed by atoms with van der Waals surface area (Å²) in [5, 5.41) is 0. The van der Waals surface area contributed by atoms with Gasteiger partial charge in [0, 0.05) is 19.4 Å². The molecule has 0 radical (unpaired) electrons. The van der Waals surface area contributed by atoms with Gasteiger partial charge in [-0.3, -0.25) is 14.4 Å². The Morgan fingerprint density at radius 3 is 2.32 bits per heavy atom. The van der Waals surface area contributed by atoms with Gasteiger partial charge < -0.3 is 14.2 Å². The number of esters is 2. The van der Waals surface area contributed by atoms with Gasteiger partial charge >= 0.3 is 11.9 Å². The van der Waals surface area contributed by atoms with Gasteiger partial charge in [-0.15, -0.1) is 0 Å². The van der Waals surface area contributed by atoms with Crippen molar-refractivity contribution in [3.8, 4) is 0 Å². The van der Waals surface area contributed by atoms with Crippen molar-refractivity contribution in [3.05, 3.63) is 0 Å². The number of ketones is 1. The summed E-state index contributed by atoms with van der Waals surface area (Å²) in [4.78, 5) is 37.8. The second-order valence-corrected chi connectivity index (χ2v) is 9.64. The molecule has 0 bridgehead atoms. The van der Waals surface area contributed by atoms with Crippen LogP contribution in [0, 0.1) is 11.3 Å². The smallest absolute Gasteiger partial charge is 0.319 e. The Morgan fingerprint density at radius 1 is 0.912 bits per heavy atom. The molecule has 0 aromatic carbocycles. The summed E-state index contributed by atoms with van der Waals surface area (Å²) in [5.41, 5.74) is -1.00. The van der Waals surface area contributed by atoms with Crippen LogP contribution in [-0.4, -0.2) is 43.6 Å². The summed E-state index contributed by atoms with van der Waals surface area (Å²) in [7, 11) is 0. The van der Waals surface area contributed by atoms with Crippen molar-refractivity contribution < 1.29 is 28.6 Å². The fourth-order valence-electron chi connectivity index (χ4n) is 5.24. The molecule has 0 N–H and O–H groups in total. The van der Waals surface area contributed by atoms with Crippen molar-refractivity contribution in [3.63, 3.8) is 0 Å². The lowest BCUT2D eigenvalue weighted by atomic mass is 9.71. The van der Waals surface area contributed by atoms with E-state index >= 15 is 0 Å². The van der Waals surface area contributed by atoms with Gasteiger partial charge in [-0.1, -0.05) is 52.4 Å². The summed E-state index contributed by atoms with van der Waals surface area (Å²) >= 11 is 0. The fraction of sp³-hybridized carbons (Fsp3) is 0.893. The minimum absolute atomic E-state index is 0.0254. The van der Waals surface area contributed by atoms with Gasteiger partial charge in [-0.25, -0.2) is 0 Å². The molecule has 1 rings (SSSR count). The van der Waals surface area contributed by atoms with E-state index in [1.807, 2.05) is 6.92 Å². The minimum atomic E-state index is -1.00. The first-order valence-corrected chi connectivity index (χ1v) is 13.9. The Kier molecular flexibility index (Phi) is 16.1. The quantitative estimate of drug-likeness (QED) is 0.111. The van der Waals surface area contributed by atoms with Gasteiger partial charge in [-0.05, 0) is 64.7 Å². The number of ether oxygens (including phenoxy) is 3. The maximum absolute atomic E-state index is 13.2. The highest BCUT2D eigenvalue weighted by Gasteiger charge is 2.55. The first-order valence-electron chi connectivity index (χ1n) is 13.9. The Hall–Kier alpha value is -1.43. The van der Waals surface area contributed by atoms with Crippen LogP contribution in [0.1, 0.15) is 124 Å². The molecule has 0 aromatic rings. The van der Waals surface area contributed by atoms with E-state index in [9.17, 15) is 14.4 Å². The molecule has 0 spiro atoms. The predicted molar refractivity (Wildman–Crippen MR) is 135 cm³/mol. The van der Waals surface area contributed by atoms with Crippen molar-refractivity contribution in [2.75, 3.05) is 19.8 Å². The normalized spacial score (nSPS) is 20.9. The number of carbonyl (C=O) groups is 3. The maximum atomic E-state index is 13.2. The SMILES string of the molecule is CCCCCC(CCC1CCC(=O)C1(CCCCCCC(=O)OCC)C(=O)OCC)OCCC. The molecule has 6 heteroatoms. The van der Waals surface area contributed by atoms with Crippen molar-refractivity contribution in [1.29, 1.82) is 0 Å². The number of unbranched alkanes of at least 4 members (excludes halogenated alkanes) is 5. The Balaban J connectivity index is 2.75. The van der Waals surface area contributed by atoms with E-state index in [0.717, 1.165) is 70.8 Å². The van der Waals surface area contributed by atoms with Crippen molar-refractivity contribution in [2.24, 2.45) is 11.3 Å². The van der Waals surface area contributed by atoms with E-state index in [1.54, 1.807) is 6.92 Å². The van der Waals surface area contributed by atoms with Crippen molar-refractivity contribution >= 4 is 17.7 Å². The van der Waals surface area contributed by atoms with E-state index in [1.165, 1.54) is 12.8 Å². The first kappa shape index (κ1) is 30.6. The Bertz CT molecular complexity index is 589. The average molecular weight is 483 g/mol. The van der Waals surface area contributed by atoms with Gasteiger partial charge in [0.05, 0.1) is 19.3 Å². The molecule has 3 unspecified atom stereocenters. The summed E-state index contributed by atoms with van der Waals surface area (Å²) < 4.78 is 16.6. The van der Waals surface area contributed by atoms with Crippen LogP contribution in [0.15, 0.2) is 0 Å². The molecule has 6 nitrogen and oxygen atoms in total. The maximum Gasteiger partial charge on any atom is 0.319 e. The van der Waals surface area contributed by atoms with E-state index in [4.69, 9.17) is 14.2 Å². The minimum Gasteiger partial charge on any atom is -0.466 e. The third kappa shape index (κ3) is 10.1. The lowest BCUT2D eigenvalue weighted by molar-refractivity contribution is -0.162. The van der Waals surface area contributed by atoms with Crippen LogP contribution in [-0.2, 0) is 28.6 Å². The number of rotatable bonds is 20. The standard InChI is InChI=1S/C28H50O6/c1-5-9-12-15-24(34-22-6-2)19-17-23-18-20-25(29)28(23,27(31)33-8-4)21-14-11-10-13-16-26(30)32-7-3/h23-24H,5-22H2,1-4H3. The molecule has 1 fully saturated rings. The van der Waals surface area contributed by atoms with E-state index in [-0.39, 0.29) is 29.7 Å². The summed E-state index contributed by atoms with van der Waals surface area (Å²) in [6, 6.07) is 0. The van der Waals surface area contributed by atoms with Crippen molar-refractivity contribution in [1.82, 2.24) is 0 Å². The molecule has 0 aliphatic heterocycles. The van der Waals surface area contributed by atoms with Crippen LogP contribution in [0.2, 0.25) is 0 Å². The van der Waals surface area contributed by atoms with E-state index in [2.05, 4.69) is 13.8 Å². The molecule has 1 aliphatic carbocycles. The number of carbonyl (C=O) groups excluding carboxylic acids is 3. The highest BCUT2D eigenvalue weighted by atomic mass is 16.5. The second-order valence-electron chi connectivity index (χ2n) is 9.64. The Labute approximate surface area is 207 Å². The molecule has 0 saturated heterocycles. The molecule has 1 aliphatic rings. The topological polar surface area (TPSA) is 78.9 Å². The molecule has 0 amide bonds. The van der Waals surface area contributed by atoms with Gasteiger partial charge in [0.1, 0.15) is 11.2 Å². The number of hydrogen-bond donors (Lipinski definition) is 0. The molecular weight excluding hydrogens is 432 g/mol. The molecular formula is C28H50O6. The van der Waals surface area contributed by atoms with Gasteiger partial charge in [0.25, 0.3) is 0 Å². The summed E-state index contributed by atoms with van der Waals surface area (Å²) in [6.07, 6.45) is 13.0. The van der Waals surface area contributed by atoms with Gasteiger partial charge in [0.15, 0.2) is 0 Å². The third-order valence-electron chi connectivity index (χ3n) is 7.09. The summed E-state index contributed by atoms with van der Waals surface area (Å²) in [5.74, 6) is -0.404. The zero-order valence-electron chi connectivity index (χ0n) is 22.3. The summed E-state index contributed by atoms with van der Waals surface area (Å²) in [6.45, 7) is 9.40. The first-order chi connectivity index (χ1) is 16.5. The molecule has 3 atom stereocenters. The Morgan fingerprint density at radius 2 is 1.65 bits per heavy atom. The molecule has 0 heterocycles. The molecule has 1 saturated carbocycles. The predicted octanol–water partition coefficient (Wildman–Crippen LogP) is 6.57. The van der Waals surface area contributed by atoms with Crippen molar-refractivity contribution in [2.45, 2.75) is 130 Å². The third-order valence-corrected chi connectivity index (χ3v) is 7.09. The van der Waals surface area contributed by atoms with Crippen LogP contribution in [0.4, 0.5) is 0 Å². The highest BCUT2D eigenvalue weighted by molar-refractivity contribution is 6.05. The number of Topliss-reactive ketones (excluding diaryl/α,β-unsaturated/α-hetero) is 1. The second kappa shape index (κ2) is 17.9. The van der Waals surface area contributed by atoms with E-state index in [0.29, 0.717) is 32.5 Å². The van der Waals surface area contributed by atoms with Crippen LogP contribution in [0.3, 0.4) is 0 Å². The van der Waals surface area contributed by atoms with E-state index < -0.39 is 5.41 Å².